The Hall–Kier alpha value is -2.85. The summed E-state index contributed by atoms with van der Waals surface area (Å²) in [4.78, 5) is 9.07. The van der Waals surface area contributed by atoms with Gasteiger partial charge in [0, 0.05) is 47.2 Å². The van der Waals surface area contributed by atoms with E-state index < -0.39 is 0 Å². The summed E-state index contributed by atoms with van der Waals surface area (Å²) in [6.45, 7) is 7.02. The number of rotatable bonds is 7. The first-order valence-corrected chi connectivity index (χ1v) is 10.4. The lowest BCUT2D eigenvalue weighted by atomic mass is 10.2. The zero-order chi connectivity index (χ0) is 20.2. The van der Waals surface area contributed by atoms with Crippen molar-refractivity contribution in [3.63, 3.8) is 0 Å². The minimum Gasteiger partial charge on any atom is -0.354 e. The lowest BCUT2D eigenvalue weighted by Gasteiger charge is -2.15. The van der Waals surface area contributed by atoms with E-state index in [2.05, 4.69) is 50.7 Å². The third-order valence-electron chi connectivity index (χ3n) is 5.13. The van der Waals surface area contributed by atoms with E-state index in [0.717, 1.165) is 52.1 Å². The Labute approximate surface area is 177 Å². The molecule has 5 heteroatoms. The second-order valence-corrected chi connectivity index (χ2v) is 7.78. The van der Waals surface area contributed by atoms with E-state index in [1.54, 1.807) is 0 Å². The van der Waals surface area contributed by atoms with Gasteiger partial charge in [-0.05, 0) is 56.1 Å². The fourth-order valence-electron chi connectivity index (χ4n) is 3.46. The van der Waals surface area contributed by atoms with Crippen molar-refractivity contribution in [1.29, 1.82) is 0 Å². The van der Waals surface area contributed by atoms with Crippen LogP contribution in [0.3, 0.4) is 0 Å². The predicted molar refractivity (Wildman–Crippen MR) is 123 cm³/mol. The quantitative estimate of drug-likeness (QED) is 0.583. The van der Waals surface area contributed by atoms with Gasteiger partial charge in [0.1, 0.15) is 0 Å². The molecule has 0 saturated heterocycles. The van der Waals surface area contributed by atoms with Gasteiger partial charge in [-0.25, -0.2) is 9.97 Å². The molecule has 1 saturated carbocycles. The molecule has 4 rings (SSSR count). The Balaban J connectivity index is 1.75. The minimum absolute atomic E-state index is 0.683. The summed E-state index contributed by atoms with van der Waals surface area (Å²) in [6.07, 6.45) is 21.2. The third-order valence-corrected chi connectivity index (χ3v) is 5.38. The van der Waals surface area contributed by atoms with Crippen LogP contribution < -0.4 is 5.32 Å². The molecule has 2 aliphatic carbocycles. The predicted octanol–water partition coefficient (Wildman–Crippen LogP) is 6.37. The summed E-state index contributed by atoms with van der Waals surface area (Å²) in [5.41, 5.74) is 5.27. The van der Waals surface area contributed by atoms with Crippen molar-refractivity contribution in [3.05, 3.63) is 71.7 Å². The summed E-state index contributed by atoms with van der Waals surface area (Å²) in [5, 5.41) is 4.04. The average molecular weight is 405 g/mol. The van der Waals surface area contributed by atoms with Gasteiger partial charge in [-0.15, -0.1) is 0 Å². The molecule has 2 heterocycles. The second kappa shape index (κ2) is 8.66. The first kappa shape index (κ1) is 19.5. The van der Waals surface area contributed by atoms with Gasteiger partial charge in [-0.1, -0.05) is 36.4 Å². The van der Waals surface area contributed by atoms with Crippen LogP contribution in [0.2, 0.25) is 0 Å². The van der Waals surface area contributed by atoms with Crippen LogP contribution in [0.4, 0.5) is 5.95 Å². The van der Waals surface area contributed by atoms with Gasteiger partial charge in [-0.2, -0.15) is 0 Å². The van der Waals surface area contributed by atoms with Gasteiger partial charge >= 0.3 is 0 Å². The average Bonchev–Trinajstić information content (AvgIpc) is 3.52. The highest BCUT2D eigenvalue weighted by atomic mass is 35.5. The molecule has 0 atom stereocenters. The fraction of sp³-hybridized carbons (Fsp3) is 0.250. The molecule has 2 aromatic heterocycles. The summed E-state index contributed by atoms with van der Waals surface area (Å²) < 4.78 is 2.22. The van der Waals surface area contributed by atoms with Crippen molar-refractivity contribution in [2.75, 3.05) is 11.9 Å². The number of hydrogen-bond acceptors (Lipinski definition) is 3. The van der Waals surface area contributed by atoms with Crippen LogP contribution in [0.15, 0.2) is 60.5 Å². The van der Waals surface area contributed by atoms with Crippen molar-refractivity contribution in [2.45, 2.75) is 26.2 Å². The van der Waals surface area contributed by atoms with Gasteiger partial charge in [0.25, 0.3) is 0 Å². The van der Waals surface area contributed by atoms with Crippen molar-refractivity contribution in [2.24, 2.45) is 5.92 Å². The summed E-state index contributed by atoms with van der Waals surface area (Å²) >= 11 is 6.20. The maximum Gasteiger partial charge on any atom is 0.222 e. The van der Waals surface area contributed by atoms with E-state index in [1.807, 2.05) is 43.6 Å². The standard InChI is InChI=1S/C24H25ClN4/c1-3-6-18-13-23(19-15-27-24(28-16-19)26-14-17-9-10-17)29(22(18)4-2)21-8-5-7-20(25)11-12-21/h3-7,11-13,15-17H,2,8-10,14H2,1H3,(H,26,27,28)/b6-3-. The van der Waals surface area contributed by atoms with E-state index in [1.165, 1.54) is 12.8 Å². The number of aromatic nitrogens is 3. The highest BCUT2D eigenvalue weighted by Gasteiger charge is 2.21. The van der Waals surface area contributed by atoms with Crippen molar-refractivity contribution >= 4 is 35.4 Å². The lowest BCUT2D eigenvalue weighted by Crippen LogP contribution is -2.07. The second-order valence-electron chi connectivity index (χ2n) is 7.35. The first-order chi connectivity index (χ1) is 14.2. The largest absolute Gasteiger partial charge is 0.354 e. The maximum atomic E-state index is 6.20. The van der Waals surface area contributed by atoms with Crippen molar-refractivity contribution < 1.29 is 0 Å². The van der Waals surface area contributed by atoms with Gasteiger partial charge in [-0.3, -0.25) is 0 Å². The summed E-state index contributed by atoms with van der Waals surface area (Å²) in [7, 11) is 0. The molecule has 4 nitrogen and oxygen atoms in total. The van der Waals surface area contributed by atoms with Crippen LogP contribution in [0, 0.1) is 5.92 Å². The van der Waals surface area contributed by atoms with E-state index >= 15 is 0 Å². The number of hydrogen-bond donors (Lipinski definition) is 1. The zero-order valence-electron chi connectivity index (χ0n) is 16.6. The van der Waals surface area contributed by atoms with Gasteiger partial charge in [0.15, 0.2) is 0 Å². The van der Waals surface area contributed by atoms with Crippen molar-refractivity contribution in [3.8, 4) is 11.3 Å². The van der Waals surface area contributed by atoms with E-state index in [0.29, 0.717) is 5.95 Å². The van der Waals surface area contributed by atoms with E-state index in [9.17, 15) is 0 Å². The minimum atomic E-state index is 0.683. The summed E-state index contributed by atoms with van der Waals surface area (Å²) in [5.74, 6) is 1.46. The van der Waals surface area contributed by atoms with E-state index in [-0.39, 0.29) is 0 Å². The molecule has 1 fully saturated rings. The Morgan fingerprint density at radius 2 is 2.07 bits per heavy atom. The highest BCUT2D eigenvalue weighted by molar-refractivity contribution is 6.31. The third kappa shape index (κ3) is 4.43. The number of allylic oxidation sites excluding steroid dienone is 7. The molecule has 0 aliphatic heterocycles. The van der Waals surface area contributed by atoms with Gasteiger partial charge in [0.05, 0.1) is 11.4 Å². The molecule has 0 amide bonds. The van der Waals surface area contributed by atoms with Crippen LogP contribution in [0.1, 0.15) is 37.4 Å². The molecule has 29 heavy (non-hydrogen) atoms. The SMILES string of the molecule is C=Cc1c(/C=C\C)cc(-c2cnc(NCC3CC3)nc2)n1C1=CC=C(Cl)C=CC1. The molecule has 1 N–H and O–H groups in total. The van der Waals surface area contributed by atoms with Crippen LogP contribution >= 0.6 is 11.6 Å². The Kier molecular flexibility index (Phi) is 5.81. The molecule has 0 unspecified atom stereocenters. The van der Waals surface area contributed by atoms with Crippen LogP contribution in [-0.2, 0) is 0 Å². The maximum absolute atomic E-state index is 6.20. The molecule has 2 aliphatic rings. The molecule has 2 aromatic rings. The molecule has 0 spiro atoms. The number of anilines is 1. The Bertz CT molecular complexity index is 1020. The highest BCUT2D eigenvalue weighted by Crippen LogP contribution is 2.33. The Morgan fingerprint density at radius 3 is 2.76 bits per heavy atom. The van der Waals surface area contributed by atoms with Crippen molar-refractivity contribution in [1.82, 2.24) is 14.5 Å². The number of halogens is 1. The Morgan fingerprint density at radius 1 is 1.28 bits per heavy atom. The normalized spacial score (nSPS) is 16.5. The van der Waals surface area contributed by atoms with E-state index in [4.69, 9.17) is 11.6 Å². The molecule has 0 aromatic carbocycles. The zero-order valence-corrected chi connectivity index (χ0v) is 17.4. The fourth-order valence-corrected chi connectivity index (χ4v) is 3.61. The molecule has 148 valence electrons. The monoisotopic (exact) mass is 404 g/mol. The molecule has 0 bridgehead atoms. The molecular formula is C24H25ClN4. The van der Waals surface area contributed by atoms with Gasteiger partial charge in [0.2, 0.25) is 5.95 Å². The molecule has 0 radical (unpaired) electrons. The molecular weight excluding hydrogens is 380 g/mol. The van der Waals surface area contributed by atoms with Crippen LogP contribution in [-0.4, -0.2) is 21.1 Å². The van der Waals surface area contributed by atoms with Crippen LogP contribution in [0.25, 0.3) is 29.1 Å². The number of nitrogens with one attached hydrogen (secondary N) is 1. The smallest absolute Gasteiger partial charge is 0.222 e. The summed E-state index contributed by atoms with van der Waals surface area (Å²) in [6, 6.07) is 2.16. The van der Waals surface area contributed by atoms with Crippen LogP contribution in [0.5, 0.6) is 0 Å². The lowest BCUT2D eigenvalue weighted by molar-refractivity contribution is 0.873. The van der Waals surface area contributed by atoms with Gasteiger partial charge < -0.3 is 9.88 Å². The topological polar surface area (TPSA) is 42.7 Å². The first-order valence-electron chi connectivity index (χ1n) is 10.00. The number of nitrogens with zero attached hydrogens (tertiary/aromatic N) is 3.